The second-order valence-corrected chi connectivity index (χ2v) is 10.8. The van der Waals surface area contributed by atoms with Gasteiger partial charge in [-0.05, 0) is 42.9 Å². The Bertz CT molecular complexity index is 1310. The smallest absolute Gasteiger partial charge is 0.243 e. The largest absolute Gasteiger partial charge is 0.497 e. The van der Waals surface area contributed by atoms with Gasteiger partial charge >= 0.3 is 0 Å². The Hall–Kier alpha value is -2.46. The molecule has 1 saturated heterocycles. The lowest BCUT2D eigenvalue weighted by Crippen LogP contribution is -2.67. The zero-order valence-electron chi connectivity index (χ0n) is 18.2. The molecule has 3 aromatic rings. The van der Waals surface area contributed by atoms with Gasteiger partial charge in [0.05, 0.1) is 30.2 Å². The number of nitrogens with zero attached hydrogens (tertiary/aromatic N) is 3. The molecule has 170 valence electrons. The number of aliphatic hydroxyl groups is 1. The van der Waals surface area contributed by atoms with E-state index in [0.29, 0.717) is 19.6 Å². The number of halogens is 1. The van der Waals surface area contributed by atoms with Crippen molar-refractivity contribution >= 4 is 20.9 Å². The van der Waals surface area contributed by atoms with Gasteiger partial charge in [0.1, 0.15) is 11.6 Å². The minimum absolute atomic E-state index is 0.0346. The summed E-state index contributed by atoms with van der Waals surface area (Å²) in [5.41, 5.74) is 2.64. The maximum Gasteiger partial charge on any atom is 0.243 e. The number of benzene rings is 2. The average Bonchev–Trinajstić information content (AvgIpc) is 3.04. The number of hydrogen-bond donors (Lipinski definition) is 1. The number of methoxy groups -OCH3 is 1. The molecule has 1 atom stereocenters. The first-order valence-electron chi connectivity index (χ1n) is 10.5. The number of aromatic nitrogens is 1. The quantitative estimate of drug-likeness (QED) is 0.648. The van der Waals surface area contributed by atoms with Crippen molar-refractivity contribution in [1.29, 1.82) is 0 Å². The van der Waals surface area contributed by atoms with E-state index in [4.69, 9.17) is 4.74 Å². The maximum absolute atomic E-state index is 13.7. The van der Waals surface area contributed by atoms with Gasteiger partial charge in [0.15, 0.2) is 0 Å². The summed E-state index contributed by atoms with van der Waals surface area (Å²) in [5, 5.41) is 11.2. The van der Waals surface area contributed by atoms with E-state index in [2.05, 4.69) is 9.47 Å². The van der Waals surface area contributed by atoms with Crippen molar-refractivity contribution in [3.63, 3.8) is 0 Å². The van der Waals surface area contributed by atoms with E-state index in [0.717, 1.165) is 34.0 Å². The van der Waals surface area contributed by atoms with E-state index in [-0.39, 0.29) is 17.5 Å². The summed E-state index contributed by atoms with van der Waals surface area (Å²) in [6.45, 7) is 1.18. The molecule has 1 N–H and O–H groups in total. The van der Waals surface area contributed by atoms with Gasteiger partial charge in [0.2, 0.25) is 10.0 Å². The van der Waals surface area contributed by atoms with E-state index in [1.54, 1.807) is 7.11 Å². The van der Waals surface area contributed by atoms with Crippen LogP contribution in [0.15, 0.2) is 47.4 Å². The van der Waals surface area contributed by atoms with Crippen LogP contribution in [0.3, 0.4) is 0 Å². The third-order valence-corrected chi connectivity index (χ3v) is 8.74. The van der Waals surface area contributed by atoms with Crippen LogP contribution in [-0.2, 0) is 22.5 Å². The summed E-state index contributed by atoms with van der Waals surface area (Å²) in [7, 11) is 1.74. The minimum Gasteiger partial charge on any atom is -0.497 e. The molecule has 2 aromatic carbocycles. The summed E-state index contributed by atoms with van der Waals surface area (Å²) < 4.78 is 48.9. The molecular weight excluding hydrogens is 433 g/mol. The number of aryl methyl sites for hydroxylation is 1. The van der Waals surface area contributed by atoms with Crippen LogP contribution < -0.4 is 4.74 Å². The number of aliphatic hydroxyl groups excluding tert-OH is 1. The lowest BCUT2D eigenvalue weighted by atomic mass is 9.70. The molecule has 2 aliphatic heterocycles. The summed E-state index contributed by atoms with van der Waals surface area (Å²) in [6, 6.07) is 10.8. The number of likely N-dealkylation sites (N-methyl/N-ethyl adjacent to an activating group) is 1. The predicted molar refractivity (Wildman–Crippen MR) is 119 cm³/mol. The SMILES string of the molecule is COc1ccc2c3c(n(C)c2c1)[C@@H](CO)N(C)CC31CN(S(=O)(=O)c2cccc(F)c2)C1. The van der Waals surface area contributed by atoms with Crippen molar-refractivity contribution in [2.24, 2.45) is 7.05 Å². The van der Waals surface area contributed by atoms with Crippen LogP contribution in [0.1, 0.15) is 17.3 Å². The summed E-state index contributed by atoms with van der Waals surface area (Å²) in [4.78, 5) is 2.05. The van der Waals surface area contributed by atoms with Crippen LogP contribution >= 0.6 is 0 Å². The zero-order chi connectivity index (χ0) is 22.8. The number of fused-ring (bicyclic) bond motifs is 4. The molecule has 2 aliphatic rings. The second-order valence-electron chi connectivity index (χ2n) is 8.83. The van der Waals surface area contributed by atoms with Gasteiger partial charge in [-0.25, -0.2) is 12.8 Å². The molecule has 7 nitrogen and oxygen atoms in total. The van der Waals surface area contributed by atoms with Gasteiger partial charge in [-0.1, -0.05) is 6.07 Å². The minimum atomic E-state index is -3.80. The molecule has 5 rings (SSSR count). The molecule has 0 radical (unpaired) electrons. The molecule has 1 aromatic heterocycles. The van der Waals surface area contributed by atoms with E-state index in [1.165, 1.54) is 22.5 Å². The Kier molecular flexibility index (Phi) is 4.86. The Labute approximate surface area is 186 Å². The van der Waals surface area contributed by atoms with Crippen molar-refractivity contribution in [2.75, 3.05) is 40.4 Å². The van der Waals surface area contributed by atoms with Crippen molar-refractivity contribution in [3.05, 3.63) is 59.5 Å². The fourth-order valence-electron chi connectivity index (χ4n) is 5.44. The van der Waals surface area contributed by atoms with Crippen molar-refractivity contribution in [1.82, 2.24) is 13.8 Å². The maximum atomic E-state index is 13.7. The topological polar surface area (TPSA) is 75.0 Å². The van der Waals surface area contributed by atoms with Crippen LogP contribution in [-0.4, -0.2) is 67.7 Å². The van der Waals surface area contributed by atoms with Crippen LogP contribution in [0, 0.1) is 5.82 Å². The molecule has 1 fully saturated rings. The Balaban J connectivity index is 1.61. The number of hydrogen-bond acceptors (Lipinski definition) is 5. The fraction of sp³-hybridized carbons (Fsp3) is 0.391. The Morgan fingerprint density at radius 3 is 2.56 bits per heavy atom. The highest BCUT2D eigenvalue weighted by atomic mass is 32.2. The molecule has 1 spiro atoms. The van der Waals surface area contributed by atoms with Gasteiger partial charge in [-0.15, -0.1) is 0 Å². The molecular formula is C23H26FN3O4S. The summed E-state index contributed by atoms with van der Waals surface area (Å²) in [6.07, 6.45) is 0. The monoisotopic (exact) mass is 459 g/mol. The number of sulfonamides is 1. The summed E-state index contributed by atoms with van der Waals surface area (Å²) in [5.74, 6) is 0.164. The summed E-state index contributed by atoms with van der Waals surface area (Å²) >= 11 is 0. The average molecular weight is 460 g/mol. The molecule has 32 heavy (non-hydrogen) atoms. The number of ether oxygens (including phenoxy) is 1. The highest BCUT2D eigenvalue weighted by Crippen LogP contribution is 2.50. The lowest BCUT2D eigenvalue weighted by Gasteiger charge is -2.55. The molecule has 0 amide bonds. The first-order chi connectivity index (χ1) is 15.2. The third-order valence-electron chi connectivity index (χ3n) is 6.95. The van der Waals surface area contributed by atoms with Crippen LogP contribution in [0.4, 0.5) is 4.39 Å². The lowest BCUT2D eigenvalue weighted by molar-refractivity contribution is 0.0451. The van der Waals surface area contributed by atoms with Crippen LogP contribution in [0.5, 0.6) is 5.75 Å². The van der Waals surface area contributed by atoms with Gasteiger partial charge < -0.3 is 14.4 Å². The highest BCUT2D eigenvalue weighted by molar-refractivity contribution is 7.89. The van der Waals surface area contributed by atoms with Gasteiger partial charge in [-0.2, -0.15) is 4.31 Å². The van der Waals surface area contributed by atoms with Crippen molar-refractivity contribution in [3.8, 4) is 5.75 Å². The van der Waals surface area contributed by atoms with E-state index < -0.39 is 21.3 Å². The first-order valence-corrected chi connectivity index (χ1v) is 11.9. The van der Waals surface area contributed by atoms with Gasteiger partial charge in [0, 0.05) is 49.2 Å². The second kappa shape index (κ2) is 7.28. The van der Waals surface area contributed by atoms with E-state index in [9.17, 15) is 17.9 Å². The number of rotatable bonds is 4. The van der Waals surface area contributed by atoms with Crippen molar-refractivity contribution < 1.29 is 22.7 Å². The standard InChI is InChI=1S/C23H26FN3O4S/c1-25-12-23(13-27(14-23)32(29,30)17-6-4-5-15(24)9-17)21-18-8-7-16(31-3)10-19(18)26(2)22(21)20(25)11-28/h4-10,20,28H,11-14H2,1-3H3/t20-/m1/s1. The Morgan fingerprint density at radius 2 is 1.91 bits per heavy atom. The van der Waals surface area contributed by atoms with Gasteiger partial charge in [-0.3, -0.25) is 4.90 Å². The van der Waals surface area contributed by atoms with Crippen LogP contribution in [0.2, 0.25) is 0 Å². The van der Waals surface area contributed by atoms with Crippen molar-refractivity contribution in [2.45, 2.75) is 16.4 Å². The predicted octanol–water partition coefficient (Wildman–Crippen LogP) is 2.25. The van der Waals surface area contributed by atoms with Crippen LogP contribution in [0.25, 0.3) is 10.9 Å². The fourth-order valence-corrected chi connectivity index (χ4v) is 7.09. The van der Waals surface area contributed by atoms with E-state index >= 15 is 0 Å². The molecule has 0 aliphatic carbocycles. The highest BCUT2D eigenvalue weighted by Gasteiger charge is 2.55. The molecule has 9 heteroatoms. The normalized spacial score (nSPS) is 21.0. The molecule has 0 bridgehead atoms. The third kappa shape index (κ3) is 2.92. The molecule has 0 unspecified atom stereocenters. The molecule has 0 saturated carbocycles. The Morgan fingerprint density at radius 1 is 1.16 bits per heavy atom. The first kappa shape index (κ1) is 21.4. The van der Waals surface area contributed by atoms with E-state index in [1.807, 2.05) is 32.3 Å². The zero-order valence-corrected chi connectivity index (χ0v) is 19.1. The van der Waals surface area contributed by atoms with Gasteiger partial charge in [0.25, 0.3) is 0 Å². The molecule has 3 heterocycles.